The van der Waals surface area contributed by atoms with Crippen molar-refractivity contribution >= 4 is 22.2 Å². The summed E-state index contributed by atoms with van der Waals surface area (Å²) in [5.41, 5.74) is 0.747. The maximum absolute atomic E-state index is 12.3. The van der Waals surface area contributed by atoms with Crippen LogP contribution < -0.4 is 10.9 Å². The Hall–Kier alpha value is -2.45. The first kappa shape index (κ1) is 17.0. The van der Waals surface area contributed by atoms with E-state index in [0.29, 0.717) is 13.1 Å². The molecule has 26 heavy (non-hydrogen) atoms. The van der Waals surface area contributed by atoms with E-state index in [-0.39, 0.29) is 17.4 Å². The van der Waals surface area contributed by atoms with E-state index in [1.807, 2.05) is 17.5 Å². The number of hydrogen-bond donors (Lipinski definition) is 1. The van der Waals surface area contributed by atoms with Gasteiger partial charge >= 0.3 is 0 Å². The summed E-state index contributed by atoms with van der Waals surface area (Å²) in [6.45, 7) is 2.72. The van der Waals surface area contributed by atoms with E-state index in [1.165, 1.54) is 11.3 Å². The topological polar surface area (TPSA) is 79.9 Å². The van der Waals surface area contributed by atoms with Crippen LogP contribution >= 0.6 is 11.3 Å². The molecule has 1 saturated heterocycles. The lowest BCUT2D eigenvalue weighted by Crippen LogP contribution is -2.40. The normalized spacial score (nSPS) is 16.2. The maximum atomic E-state index is 12.3. The van der Waals surface area contributed by atoms with Crippen molar-refractivity contribution in [3.05, 3.63) is 57.8 Å². The molecule has 1 N–H and O–H groups in total. The predicted molar refractivity (Wildman–Crippen MR) is 97.9 cm³/mol. The van der Waals surface area contributed by atoms with Crippen LogP contribution in [0.3, 0.4) is 0 Å². The van der Waals surface area contributed by atoms with Gasteiger partial charge in [-0.2, -0.15) is 0 Å². The molecule has 3 aromatic rings. The van der Waals surface area contributed by atoms with Gasteiger partial charge in [-0.1, -0.05) is 0 Å². The quantitative estimate of drug-likeness (QED) is 0.740. The smallest absolute Gasteiger partial charge is 0.258 e. The standard InChI is InChI=1S/C18H20N4O3S/c23-16-10-14(20-18-22(16)7-9-26-18)12-21-5-3-13(4-6-21)17(24)19-11-15-2-1-8-25-15/h1-2,7-10,13H,3-6,11-12H2,(H,19,24). The van der Waals surface area contributed by atoms with Gasteiger partial charge in [-0.15, -0.1) is 11.3 Å². The zero-order valence-corrected chi connectivity index (χ0v) is 15.1. The highest BCUT2D eigenvalue weighted by Gasteiger charge is 2.25. The molecular formula is C18H20N4O3S. The van der Waals surface area contributed by atoms with Gasteiger partial charge in [0.1, 0.15) is 5.76 Å². The number of aromatic nitrogens is 2. The Bertz CT molecular complexity index is 939. The van der Waals surface area contributed by atoms with Crippen molar-refractivity contribution in [3.63, 3.8) is 0 Å². The summed E-state index contributed by atoms with van der Waals surface area (Å²) in [7, 11) is 0. The molecule has 0 spiro atoms. The molecule has 136 valence electrons. The van der Waals surface area contributed by atoms with E-state index in [1.54, 1.807) is 22.9 Å². The Morgan fingerprint density at radius 2 is 2.23 bits per heavy atom. The number of furan rings is 1. The Kier molecular flexibility index (Phi) is 4.85. The number of nitrogens with one attached hydrogen (secondary N) is 1. The summed E-state index contributed by atoms with van der Waals surface area (Å²) in [5, 5.41) is 4.80. The third kappa shape index (κ3) is 3.71. The number of hydrogen-bond acceptors (Lipinski definition) is 6. The summed E-state index contributed by atoms with van der Waals surface area (Å²) >= 11 is 1.46. The van der Waals surface area contributed by atoms with Crippen LogP contribution in [0.4, 0.5) is 0 Å². The van der Waals surface area contributed by atoms with Gasteiger partial charge in [0.2, 0.25) is 5.91 Å². The number of likely N-dealkylation sites (tertiary alicyclic amines) is 1. The first-order valence-corrected chi connectivity index (χ1v) is 9.55. The lowest BCUT2D eigenvalue weighted by Gasteiger charge is -2.30. The van der Waals surface area contributed by atoms with Gasteiger partial charge in [0.15, 0.2) is 4.96 Å². The molecule has 0 aromatic carbocycles. The second kappa shape index (κ2) is 7.43. The van der Waals surface area contributed by atoms with Crippen molar-refractivity contribution in [1.82, 2.24) is 19.6 Å². The molecule has 0 aliphatic carbocycles. The third-order valence-corrected chi connectivity index (χ3v) is 5.47. The van der Waals surface area contributed by atoms with Gasteiger partial charge in [-0.05, 0) is 38.1 Å². The molecule has 1 aliphatic rings. The van der Waals surface area contributed by atoms with Crippen LogP contribution in [0.25, 0.3) is 4.96 Å². The van der Waals surface area contributed by atoms with Gasteiger partial charge in [-0.25, -0.2) is 4.98 Å². The molecule has 1 fully saturated rings. The van der Waals surface area contributed by atoms with Crippen LogP contribution in [-0.4, -0.2) is 33.3 Å². The van der Waals surface area contributed by atoms with Crippen molar-refractivity contribution < 1.29 is 9.21 Å². The molecule has 0 saturated carbocycles. The molecule has 4 rings (SSSR count). The maximum Gasteiger partial charge on any atom is 0.258 e. The van der Waals surface area contributed by atoms with Gasteiger partial charge in [0.25, 0.3) is 5.56 Å². The molecule has 0 radical (unpaired) electrons. The van der Waals surface area contributed by atoms with Crippen LogP contribution in [0.5, 0.6) is 0 Å². The Morgan fingerprint density at radius 3 is 3.00 bits per heavy atom. The first-order valence-electron chi connectivity index (χ1n) is 8.67. The average Bonchev–Trinajstić information content (AvgIpc) is 3.32. The molecule has 3 aromatic heterocycles. The zero-order valence-electron chi connectivity index (χ0n) is 14.3. The number of nitrogens with zero attached hydrogens (tertiary/aromatic N) is 3. The Morgan fingerprint density at radius 1 is 1.38 bits per heavy atom. The third-order valence-electron chi connectivity index (χ3n) is 4.72. The monoisotopic (exact) mass is 372 g/mol. The number of thiazole rings is 1. The fourth-order valence-corrected chi connectivity index (χ4v) is 4.02. The minimum atomic E-state index is -0.0431. The van der Waals surface area contributed by atoms with Crippen LogP contribution in [0.15, 0.2) is 45.3 Å². The number of carbonyl (C=O) groups excluding carboxylic acids is 1. The summed E-state index contributed by atoms with van der Waals surface area (Å²) in [4.78, 5) is 31.9. The first-order chi connectivity index (χ1) is 12.7. The van der Waals surface area contributed by atoms with Gasteiger partial charge in [0.05, 0.1) is 18.5 Å². The van der Waals surface area contributed by atoms with E-state index in [4.69, 9.17) is 4.42 Å². The second-order valence-electron chi connectivity index (χ2n) is 6.49. The van der Waals surface area contributed by atoms with E-state index >= 15 is 0 Å². The van der Waals surface area contributed by atoms with E-state index in [2.05, 4.69) is 15.2 Å². The zero-order chi connectivity index (χ0) is 17.9. The molecule has 1 aliphatic heterocycles. The molecule has 0 atom stereocenters. The fraction of sp³-hybridized carbons (Fsp3) is 0.389. The fourth-order valence-electron chi connectivity index (χ4n) is 3.28. The second-order valence-corrected chi connectivity index (χ2v) is 7.36. The highest BCUT2D eigenvalue weighted by molar-refractivity contribution is 7.15. The van der Waals surface area contributed by atoms with Crippen LogP contribution in [0.2, 0.25) is 0 Å². The molecule has 8 heteroatoms. The van der Waals surface area contributed by atoms with Crippen LogP contribution in [0.1, 0.15) is 24.3 Å². The number of amides is 1. The highest BCUT2D eigenvalue weighted by atomic mass is 32.1. The molecule has 0 bridgehead atoms. The summed E-state index contributed by atoms with van der Waals surface area (Å²) in [6.07, 6.45) is 4.97. The minimum Gasteiger partial charge on any atom is -0.467 e. The largest absolute Gasteiger partial charge is 0.467 e. The Balaban J connectivity index is 1.30. The van der Waals surface area contributed by atoms with Crippen molar-refractivity contribution in [2.24, 2.45) is 5.92 Å². The SMILES string of the molecule is O=C(NCc1ccco1)C1CCN(Cc2cc(=O)n3ccsc3n2)CC1. The molecule has 1 amide bonds. The average molecular weight is 372 g/mol. The number of carbonyl (C=O) groups is 1. The molecule has 4 heterocycles. The highest BCUT2D eigenvalue weighted by Crippen LogP contribution is 2.19. The van der Waals surface area contributed by atoms with E-state index < -0.39 is 0 Å². The van der Waals surface area contributed by atoms with Crippen molar-refractivity contribution in [2.45, 2.75) is 25.9 Å². The lowest BCUT2D eigenvalue weighted by atomic mass is 9.96. The van der Waals surface area contributed by atoms with Gasteiger partial charge in [0, 0.05) is 30.1 Å². The van der Waals surface area contributed by atoms with E-state index in [0.717, 1.165) is 42.3 Å². The van der Waals surface area contributed by atoms with E-state index in [9.17, 15) is 9.59 Å². The van der Waals surface area contributed by atoms with Crippen molar-refractivity contribution in [3.8, 4) is 0 Å². The number of rotatable bonds is 5. The molecular weight excluding hydrogens is 352 g/mol. The molecule has 0 unspecified atom stereocenters. The van der Waals surface area contributed by atoms with Crippen LogP contribution in [0, 0.1) is 5.92 Å². The Labute approximate surface area is 154 Å². The predicted octanol–water partition coefficient (Wildman–Crippen LogP) is 1.88. The summed E-state index contributed by atoms with van der Waals surface area (Å²) < 4.78 is 6.79. The lowest BCUT2D eigenvalue weighted by molar-refractivity contribution is -0.126. The number of fused-ring (bicyclic) bond motifs is 1. The summed E-state index contributed by atoms with van der Waals surface area (Å²) in [5.74, 6) is 0.870. The number of piperidine rings is 1. The minimum absolute atomic E-state index is 0.0274. The van der Waals surface area contributed by atoms with Gasteiger partial charge in [-0.3, -0.25) is 18.9 Å². The molecule has 7 nitrogen and oxygen atoms in total. The van der Waals surface area contributed by atoms with Crippen molar-refractivity contribution in [2.75, 3.05) is 13.1 Å². The summed E-state index contributed by atoms with van der Waals surface area (Å²) in [6, 6.07) is 5.26. The van der Waals surface area contributed by atoms with Crippen molar-refractivity contribution in [1.29, 1.82) is 0 Å². The van der Waals surface area contributed by atoms with Crippen LogP contribution in [-0.2, 0) is 17.9 Å². The van der Waals surface area contributed by atoms with Gasteiger partial charge < -0.3 is 9.73 Å².